The number of hydrogen-bond donors (Lipinski definition) is 2. The number of carbonyl (C=O) groups excluding carboxylic acids is 1. The molecule has 0 atom stereocenters. The number of piperazine rings is 1. The van der Waals surface area contributed by atoms with Crippen molar-refractivity contribution in [1.82, 2.24) is 20.0 Å². The van der Waals surface area contributed by atoms with Gasteiger partial charge in [-0.1, -0.05) is 0 Å². The molecule has 0 aromatic carbocycles. The summed E-state index contributed by atoms with van der Waals surface area (Å²) in [5.74, 6) is 0.713. The zero-order valence-electron chi connectivity index (χ0n) is 12.8. The second-order valence-corrected chi connectivity index (χ2v) is 5.94. The van der Waals surface area contributed by atoms with Gasteiger partial charge < -0.3 is 25.1 Å². The highest BCUT2D eigenvalue weighted by Gasteiger charge is 2.25. The molecule has 2 aliphatic heterocycles. The number of nitrogens with one attached hydrogen (secondary N) is 1. The van der Waals surface area contributed by atoms with Crippen LogP contribution in [0.5, 0.6) is 0 Å². The van der Waals surface area contributed by atoms with Crippen LogP contribution in [0.3, 0.4) is 0 Å². The molecule has 7 heteroatoms. The average molecular weight is 298 g/mol. The van der Waals surface area contributed by atoms with E-state index in [0.29, 0.717) is 32.1 Å². The van der Waals surface area contributed by atoms with Crippen LogP contribution in [0.25, 0.3) is 0 Å². The Labute approximate surface area is 125 Å². The first-order chi connectivity index (χ1) is 10.1. The lowest BCUT2D eigenvalue weighted by atomic mass is 9.94. The number of carboxylic acid groups (broad SMARTS) is 1. The first kappa shape index (κ1) is 15.9. The first-order valence-corrected chi connectivity index (χ1v) is 7.76. The van der Waals surface area contributed by atoms with Gasteiger partial charge in [-0.05, 0) is 38.3 Å². The summed E-state index contributed by atoms with van der Waals surface area (Å²) in [5, 5.41) is 12.3. The van der Waals surface area contributed by atoms with Crippen molar-refractivity contribution >= 4 is 12.1 Å². The standard InChI is InChI=1S/C14H26N4O3/c1-16(7-4-12-2-5-15-6-3-12)13(19)17-8-10-18(11-9-17)14(20)21/h12,15H,2-11H2,1H3,(H,20,21). The lowest BCUT2D eigenvalue weighted by Crippen LogP contribution is -2.53. The molecular formula is C14H26N4O3. The predicted octanol–water partition coefficient (Wildman–Crippen LogP) is 0.724. The molecule has 0 bridgehead atoms. The van der Waals surface area contributed by atoms with Crippen molar-refractivity contribution in [2.45, 2.75) is 19.3 Å². The normalized spacial score (nSPS) is 20.4. The van der Waals surface area contributed by atoms with Crippen molar-refractivity contribution in [1.29, 1.82) is 0 Å². The minimum absolute atomic E-state index is 0.0222. The van der Waals surface area contributed by atoms with Crippen LogP contribution in [0.15, 0.2) is 0 Å². The van der Waals surface area contributed by atoms with Gasteiger partial charge in [-0.3, -0.25) is 0 Å². The lowest BCUT2D eigenvalue weighted by molar-refractivity contribution is 0.101. The van der Waals surface area contributed by atoms with Gasteiger partial charge in [-0.2, -0.15) is 0 Å². The number of urea groups is 1. The Morgan fingerprint density at radius 2 is 1.71 bits per heavy atom. The summed E-state index contributed by atoms with van der Waals surface area (Å²) in [6.07, 6.45) is 2.54. The summed E-state index contributed by atoms with van der Waals surface area (Å²) in [6.45, 7) is 4.74. The fourth-order valence-electron chi connectivity index (χ4n) is 2.97. The van der Waals surface area contributed by atoms with Crippen LogP contribution < -0.4 is 5.32 Å². The molecule has 3 amide bonds. The Balaban J connectivity index is 1.71. The van der Waals surface area contributed by atoms with Crippen LogP contribution in [0, 0.1) is 5.92 Å². The highest BCUT2D eigenvalue weighted by Crippen LogP contribution is 2.16. The maximum absolute atomic E-state index is 12.3. The third-order valence-electron chi connectivity index (χ3n) is 4.48. The Kier molecular flexibility index (Phi) is 5.67. The molecule has 0 aliphatic carbocycles. The topological polar surface area (TPSA) is 76.1 Å². The quantitative estimate of drug-likeness (QED) is 0.805. The van der Waals surface area contributed by atoms with Crippen molar-refractivity contribution in [2.75, 3.05) is 52.9 Å². The fourth-order valence-corrected chi connectivity index (χ4v) is 2.97. The highest BCUT2D eigenvalue weighted by molar-refractivity contribution is 5.74. The molecule has 7 nitrogen and oxygen atoms in total. The molecule has 2 fully saturated rings. The molecule has 0 spiro atoms. The van der Waals surface area contributed by atoms with Crippen molar-refractivity contribution in [2.24, 2.45) is 5.92 Å². The van der Waals surface area contributed by atoms with Gasteiger partial charge in [0.15, 0.2) is 0 Å². The summed E-state index contributed by atoms with van der Waals surface area (Å²) in [7, 11) is 1.84. The van der Waals surface area contributed by atoms with Gasteiger partial charge in [0.05, 0.1) is 0 Å². The first-order valence-electron chi connectivity index (χ1n) is 7.76. The summed E-state index contributed by atoms with van der Waals surface area (Å²) in [5.41, 5.74) is 0. The van der Waals surface area contributed by atoms with E-state index in [2.05, 4.69) is 5.32 Å². The van der Waals surface area contributed by atoms with E-state index < -0.39 is 6.09 Å². The van der Waals surface area contributed by atoms with Gasteiger partial charge >= 0.3 is 12.1 Å². The second kappa shape index (κ2) is 7.49. The molecule has 120 valence electrons. The van der Waals surface area contributed by atoms with E-state index in [9.17, 15) is 9.59 Å². The Bertz CT molecular complexity index is 363. The van der Waals surface area contributed by atoms with E-state index in [0.717, 1.165) is 26.1 Å². The lowest BCUT2D eigenvalue weighted by Gasteiger charge is -2.35. The largest absolute Gasteiger partial charge is 0.465 e. The summed E-state index contributed by atoms with van der Waals surface area (Å²) < 4.78 is 0. The van der Waals surface area contributed by atoms with E-state index >= 15 is 0 Å². The van der Waals surface area contributed by atoms with Crippen molar-refractivity contribution in [3.8, 4) is 0 Å². The summed E-state index contributed by atoms with van der Waals surface area (Å²) in [6, 6.07) is 0.0222. The monoisotopic (exact) mass is 298 g/mol. The summed E-state index contributed by atoms with van der Waals surface area (Å²) in [4.78, 5) is 28.1. The van der Waals surface area contributed by atoms with Gasteiger partial charge in [0.2, 0.25) is 0 Å². The van der Waals surface area contributed by atoms with Crippen LogP contribution in [-0.4, -0.2) is 84.8 Å². The Hall–Kier alpha value is -1.50. The van der Waals surface area contributed by atoms with Crippen molar-refractivity contribution in [3.63, 3.8) is 0 Å². The predicted molar refractivity (Wildman–Crippen MR) is 79.4 cm³/mol. The fraction of sp³-hybridized carbons (Fsp3) is 0.857. The average Bonchev–Trinajstić information content (AvgIpc) is 2.53. The zero-order valence-corrected chi connectivity index (χ0v) is 12.8. The molecule has 0 saturated carbocycles. The zero-order chi connectivity index (χ0) is 15.2. The second-order valence-electron chi connectivity index (χ2n) is 5.94. The molecule has 0 unspecified atom stereocenters. The van der Waals surface area contributed by atoms with Gasteiger partial charge in [0, 0.05) is 39.8 Å². The SMILES string of the molecule is CN(CCC1CCNCC1)C(=O)N1CCN(C(=O)O)CC1. The van der Waals surface area contributed by atoms with Crippen molar-refractivity contribution in [3.05, 3.63) is 0 Å². The molecule has 2 saturated heterocycles. The number of nitrogens with zero attached hydrogens (tertiary/aromatic N) is 3. The molecule has 2 rings (SSSR count). The highest BCUT2D eigenvalue weighted by atomic mass is 16.4. The number of amides is 3. The third kappa shape index (κ3) is 4.49. The minimum Gasteiger partial charge on any atom is -0.465 e. The van der Waals surface area contributed by atoms with E-state index in [4.69, 9.17) is 5.11 Å². The minimum atomic E-state index is -0.902. The van der Waals surface area contributed by atoms with Crippen LogP contribution in [0.1, 0.15) is 19.3 Å². The molecule has 2 heterocycles. The van der Waals surface area contributed by atoms with E-state index in [-0.39, 0.29) is 6.03 Å². The molecule has 2 aliphatic rings. The van der Waals surface area contributed by atoms with Gasteiger partial charge in [0.25, 0.3) is 0 Å². The Morgan fingerprint density at radius 1 is 1.14 bits per heavy atom. The molecule has 21 heavy (non-hydrogen) atoms. The van der Waals surface area contributed by atoms with Crippen molar-refractivity contribution < 1.29 is 14.7 Å². The molecule has 0 radical (unpaired) electrons. The summed E-state index contributed by atoms with van der Waals surface area (Å²) >= 11 is 0. The van der Waals surface area contributed by atoms with Gasteiger partial charge in [-0.25, -0.2) is 9.59 Å². The van der Waals surface area contributed by atoms with Gasteiger partial charge in [0.1, 0.15) is 0 Å². The van der Waals surface area contributed by atoms with Crippen LogP contribution in [0.4, 0.5) is 9.59 Å². The Morgan fingerprint density at radius 3 is 2.29 bits per heavy atom. The molecular weight excluding hydrogens is 272 g/mol. The molecule has 0 aromatic rings. The number of hydrogen-bond acceptors (Lipinski definition) is 3. The third-order valence-corrected chi connectivity index (χ3v) is 4.48. The number of carbonyl (C=O) groups is 2. The van der Waals surface area contributed by atoms with Crippen LogP contribution >= 0.6 is 0 Å². The van der Waals surface area contributed by atoms with E-state index in [1.165, 1.54) is 17.7 Å². The van der Waals surface area contributed by atoms with E-state index in [1.54, 1.807) is 9.80 Å². The number of rotatable bonds is 3. The number of piperidine rings is 1. The van der Waals surface area contributed by atoms with Gasteiger partial charge in [-0.15, -0.1) is 0 Å². The molecule has 0 aromatic heterocycles. The van der Waals surface area contributed by atoms with E-state index in [1.807, 2.05) is 7.05 Å². The molecule has 2 N–H and O–H groups in total. The maximum atomic E-state index is 12.3. The van der Waals surface area contributed by atoms with Crippen LogP contribution in [0.2, 0.25) is 0 Å². The van der Waals surface area contributed by atoms with Crippen LogP contribution in [-0.2, 0) is 0 Å². The smallest absolute Gasteiger partial charge is 0.407 e. The maximum Gasteiger partial charge on any atom is 0.407 e.